The van der Waals surface area contributed by atoms with Gasteiger partial charge in [-0.1, -0.05) is 0 Å². The zero-order valence-electron chi connectivity index (χ0n) is 12.6. The van der Waals surface area contributed by atoms with Crippen LogP contribution in [0, 0.1) is 0 Å². The van der Waals surface area contributed by atoms with Gasteiger partial charge in [-0.2, -0.15) is 0 Å². The van der Waals surface area contributed by atoms with Crippen LogP contribution in [0.4, 0.5) is 11.4 Å². The summed E-state index contributed by atoms with van der Waals surface area (Å²) in [4.78, 5) is 2.10. The maximum Gasteiger partial charge on any atom is 0.162 e. The smallest absolute Gasteiger partial charge is 0.162 e. The highest BCUT2D eigenvalue weighted by Gasteiger charge is 2.14. The van der Waals surface area contributed by atoms with Crippen molar-refractivity contribution in [3.05, 3.63) is 12.1 Å². The zero-order chi connectivity index (χ0) is 15.0. The molecular weight excluding hydrogens is 260 g/mol. The van der Waals surface area contributed by atoms with Gasteiger partial charge >= 0.3 is 0 Å². The molecule has 6 nitrogen and oxygen atoms in total. The van der Waals surface area contributed by atoms with Crippen LogP contribution in [0.3, 0.4) is 0 Å². The van der Waals surface area contributed by atoms with Crippen molar-refractivity contribution in [2.24, 2.45) is 0 Å². The molecule has 6 heteroatoms. The Hall–Kier alpha value is -1.66. The average molecular weight is 284 g/mol. The van der Waals surface area contributed by atoms with Gasteiger partial charge < -0.3 is 29.6 Å². The summed E-state index contributed by atoms with van der Waals surface area (Å²) in [6, 6.07) is 3.64. The fourth-order valence-corrected chi connectivity index (χ4v) is 1.91. The van der Waals surface area contributed by atoms with Gasteiger partial charge in [0, 0.05) is 39.4 Å². The Balaban J connectivity index is 3.04. The number of methoxy groups -OCH3 is 4. The predicted molar refractivity (Wildman–Crippen MR) is 79.9 cm³/mol. The Bertz CT molecular complexity index is 404. The molecule has 1 aromatic carbocycles. The average Bonchev–Trinajstić information content (AvgIpc) is 2.47. The van der Waals surface area contributed by atoms with E-state index in [9.17, 15) is 0 Å². The molecule has 0 aliphatic carbocycles. The van der Waals surface area contributed by atoms with E-state index in [-0.39, 0.29) is 0 Å². The number of hydrogen-bond acceptors (Lipinski definition) is 6. The molecule has 0 aromatic heterocycles. The van der Waals surface area contributed by atoms with E-state index in [4.69, 9.17) is 24.7 Å². The quantitative estimate of drug-likeness (QED) is 0.691. The normalized spacial score (nSPS) is 10.4. The molecule has 0 bridgehead atoms. The minimum atomic E-state index is 0.609. The van der Waals surface area contributed by atoms with E-state index in [0.29, 0.717) is 30.4 Å². The zero-order valence-corrected chi connectivity index (χ0v) is 12.6. The second kappa shape index (κ2) is 8.50. The molecule has 0 radical (unpaired) electrons. The Morgan fingerprint density at radius 3 is 1.85 bits per heavy atom. The van der Waals surface area contributed by atoms with Gasteiger partial charge in [-0.15, -0.1) is 0 Å². The first-order valence-corrected chi connectivity index (χ1v) is 6.42. The second-order valence-electron chi connectivity index (χ2n) is 4.24. The molecule has 0 saturated heterocycles. The van der Waals surface area contributed by atoms with Gasteiger partial charge in [0.05, 0.1) is 38.8 Å². The first kappa shape index (κ1) is 16.4. The number of rotatable bonds is 9. The molecule has 1 aromatic rings. The van der Waals surface area contributed by atoms with Gasteiger partial charge in [-0.25, -0.2) is 0 Å². The van der Waals surface area contributed by atoms with Crippen molar-refractivity contribution in [1.82, 2.24) is 0 Å². The third kappa shape index (κ3) is 4.18. The third-order valence-corrected chi connectivity index (χ3v) is 3.00. The van der Waals surface area contributed by atoms with Crippen molar-refractivity contribution in [2.75, 3.05) is 65.4 Å². The number of ether oxygens (including phenoxy) is 4. The standard InChI is InChI=1S/C14H24N2O4/c1-17-7-5-16(6-8-18-2)12-10-14(20-4)13(19-3)9-11(12)15/h9-10H,5-8,15H2,1-4H3. The maximum absolute atomic E-state index is 6.11. The number of hydrogen-bond donors (Lipinski definition) is 1. The van der Waals surface area contributed by atoms with Crippen molar-refractivity contribution >= 4 is 11.4 Å². The van der Waals surface area contributed by atoms with Crippen LogP contribution < -0.4 is 20.1 Å². The molecule has 0 heterocycles. The minimum absolute atomic E-state index is 0.609. The highest BCUT2D eigenvalue weighted by atomic mass is 16.5. The first-order chi connectivity index (χ1) is 9.67. The van der Waals surface area contributed by atoms with Crippen LogP contribution in [0.1, 0.15) is 0 Å². The Kier molecular flexibility index (Phi) is 6.97. The van der Waals surface area contributed by atoms with Crippen LogP contribution in [0.25, 0.3) is 0 Å². The van der Waals surface area contributed by atoms with Crippen LogP contribution in [0.2, 0.25) is 0 Å². The summed E-state index contributed by atoms with van der Waals surface area (Å²) in [5.41, 5.74) is 7.63. The van der Waals surface area contributed by atoms with E-state index >= 15 is 0 Å². The highest BCUT2D eigenvalue weighted by molar-refractivity contribution is 5.73. The molecule has 0 unspecified atom stereocenters. The summed E-state index contributed by atoms with van der Waals surface area (Å²) in [6.07, 6.45) is 0. The van der Waals surface area contributed by atoms with Crippen molar-refractivity contribution in [3.8, 4) is 11.5 Å². The maximum atomic E-state index is 6.11. The molecule has 2 N–H and O–H groups in total. The monoisotopic (exact) mass is 284 g/mol. The Morgan fingerprint density at radius 1 is 0.900 bits per heavy atom. The van der Waals surface area contributed by atoms with Crippen LogP contribution in [0.5, 0.6) is 11.5 Å². The molecule has 114 valence electrons. The molecule has 0 spiro atoms. The molecule has 0 aliphatic rings. The van der Waals surface area contributed by atoms with Crippen molar-refractivity contribution in [1.29, 1.82) is 0 Å². The summed E-state index contributed by atoms with van der Waals surface area (Å²) in [6.45, 7) is 2.66. The van der Waals surface area contributed by atoms with Crippen molar-refractivity contribution in [3.63, 3.8) is 0 Å². The first-order valence-electron chi connectivity index (χ1n) is 6.42. The molecular formula is C14H24N2O4. The fraction of sp³-hybridized carbons (Fsp3) is 0.571. The lowest BCUT2D eigenvalue weighted by molar-refractivity contribution is 0.190. The van der Waals surface area contributed by atoms with Gasteiger partial charge in [0.15, 0.2) is 11.5 Å². The molecule has 0 fully saturated rings. The lowest BCUT2D eigenvalue weighted by Gasteiger charge is -2.26. The van der Waals surface area contributed by atoms with E-state index in [0.717, 1.165) is 18.8 Å². The van der Waals surface area contributed by atoms with E-state index in [2.05, 4.69) is 4.90 Å². The van der Waals surface area contributed by atoms with Crippen LogP contribution in [-0.4, -0.2) is 54.7 Å². The minimum Gasteiger partial charge on any atom is -0.493 e. The van der Waals surface area contributed by atoms with Crippen molar-refractivity contribution < 1.29 is 18.9 Å². The summed E-state index contributed by atoms with van der Waals surface area (Å²) < 4.78 is 20.8. The van der Waals surface area contributed by atoms with E-state index in [1.54, 1.807) is 34.5 Å². The van der Waals surface area contributed by atoms with Gasteiger partial charge in [0.1, 0.15) is 0 Å². The van der Waals surface area contributed by atoms with E-state index in [1.807, 2.05) is 6.07 Å². The van der Waals surface area contributed by atoms with Gasteiger partial charge in [0.2, 0.25) is 0 Å². The molecule has 20 heavy (non-hydrogen) atoms. The number of nitrogen functional groups attached to an aromatic ring is 1. The number of benzene rings is 1. The second-order valence-corrected chi connectivity index (χ2v) is 4.24. The summed E-state index contributed by atoms with van der Waals surface area (Å²) in [5.74, 6) is 1.27. The topological polar surface area (TPSA) is 66.2 Å². The highest BCUT2D eigenvalue weighted by Crippen LogP contribution is 2.36. The van der Waals surface area contributed by atoms with Gasteiger partial charge in [0.25, 0.3) is 0 Å². The molecule has 0 atom stereocenters. The molecule has 0 saturated carbocycles. The van der Waals surface area contributed by atoms with E-state index in [1.165, 1.54) is 0 Å². The number of nitrogens with two attached hydrogens (primary N) is 1. The van der Waals surface area contributed by atoms with Gasteiger partial charge in [-0.05, 0) is 0 Å². The largest absolute Gasteiger partial charge is 0.493 e. The lowest BCUT2D eigenvalue weighted by atomic mass is 10.2. The Morgan fingerprint density at radius 2 is 1.40 bits per heavy atom. The summed E-state index contributed by atoms with van der Waals surface area (Å²) >= 11 is 0. The summed E-state index contributed by atoms with van der Waals surface area (Å²) in [5, 5.41) is 0. The van der Waals surface area contributed by atoms with Crippen LogP contribution >= 0.6 is 0 Å². The fourth-order valence-electron chi connectivity index (χ4n) is 1.91. The summed E-state index contributed by atoms with van der Waals surface area (Å²) in [7, 11) is 6.54. The van der Waals surface area contributed by atoms with Gasteiger partial charge in [-0.3, -0.25) is 0 Å². The third-order valence-electron chi connectivity index (χ3n) is 3.00. The molecule has 0 aliphatic heterocycles. The SMILES string of the molecule is COCCN(CCOC)c1cc(OC)c(OC)cc1N. The number of nitrogens with zero attached hydrogens (tertiary/aromatic N) is 1. The lowest BCUT2D eigenvalue weighted by Crippen LogP contribution is -2.31. The van der Waals surface area contributed by atoms with E-state index < -0.39 is 0 Å². The molecule has 1 rings (SSSR count). The predicted octanol–water partition coefficient (Wildman–Crippen LogP) is 1.39. The van der Waals surface area contributed by atoms with Crippen molar-refractivity contribution in [2.45, 2.75) is 0 Å². The molecule has 0 amide bonds. The van der Waals surface area contributed by atoms with Crippen LogP contribution in [0.15, 0.2) is 12.1 Å². The Labute approximate surface area is 120 Å². The van der Waals surface area contributed by atoms with Crippen LogP contribution in [-0.2, 0) is 9.47 Å². The number of anilines is 2.